The monoisotopic (exact) mass is 285 g/mol. The van der Waals surface area contributed by atoms with Gasteiger partial charge in [-0.3, -0.25) is 0 Å². The summed E-state index contributed by atoms with van der Waals surface area (Å²) in [6.07, 6.45) is 2.30. The lowest BCUT2D eigenvalue weighted by atomic mass is 10.1. The van der Waals surface area contributed by atoms with E-state index in [2.05, 4.69) is 11.6 Å². The highest BCUT2D eigenvalue weighted by molar-refractivity contribution is 7.89. The third kappa shape index (κ3) is 4.93. The van der Waals surface area contributed by atoms with Crippen LogP contribution in [0, 0.1) is 0 Å². The van der Waals surface area contributed by atoms with Crippen molar-refractivity contribution < 1.29 is 13.5 Å². The molecule has 0 aliphatic rings. The van der Waals surface area contributed by atoms with E-state index in [0.717, 1.165) is 19.3 Å². The Morgan fingerprint density at radius 2 is 1.79 bits per heavy atom. The summed E-state index contributed by atoms with van der Waals surface area (Å²) >= 11 is 0. The van der Waals surface area contributed by atoms with Crippen molar-refractivity contribution in [3.8, 4) is 0 Å². The van der Waals surface area contributed by atoms with Crippen molar-refractivity contribution in [2.45, 2.75) is 57.1 Å². The first-order valence-electron chi connectivity index (χ1n) is 6.67. The average Bonchev–Trinajstić information content (AvgIpc) is 2.36. The molecule has 108 valence electrons. The van der Waals surface area contributed by atoms with Gasteiger partial charge in [-0.2, -0.15) is 0 Å². The van der Waals surface area contributed by atoms with Crippen LogP contribution in [0.4, 0.5) is 0 Å². The number of nitrogens with one attached hydrogen (secondary N) is 1. The summed E-state index contributed by atoms with van der Waals surface area (Å²) in [4.78, 5) is 0.236. The number of rotatable bonds is 7. The fraction of sp³-hybridized carbons (Fsp3) is 0.571. The molecule has 0 heterocycles. The number of sulfonamides is 1. The van der Waals surface area contributed by atoms with Gasteiger partial charge in [-0.15, -0.1) is 0 Å². The first-order valence-corrected chi connectivity index (χ1v) is 8.15. The molecule has 0 radical (unpaired) electrons. The highest BCUT2D eigenvalue weighted by Gasteiger charge is 2.17. The van der Waals surface area contributed by atoms with E-state index < -0.39 is 16.1 Å². The molecular formula is C14H23NO3S. The molecule has 0 aromatic heterocycles. The van der Waals surface area contributed by atoms with Crippen LogP contribution in [0.5, 0.6) is 0 Å². The van der Waals surface area contributed by atoms with E-state index in [1.54, 1.807) is 19.1 Å². The van der Waals surface area contributed by atoms with Crippen LogP contribution in [0.15, 0.2) is 29.2 Å². The lowest BCUT2D eigenvalue weighted by molar-refractivity contribution is 0.199. The van der Waals surface area contributed by atoms with Crippen LogP contribution < -0.4 is 4.72 Å². The van der Waals surface area contributed by atoms with Crippen LogP contribution in [-0.2, 0) is 10.0 Å². The van der Waals surface area contributed by atoms with Crippen LogP contribution in [0.2, 0.25) is 0 Å². The summed E-state index contributed by atoms with van der Waals surface area (Å²) in [5.74, 6) is 0. The van der Waals surface area contributed by atoms with Crippen molar-refractivity contribution in [1.29, 1.82) is 0 Å². The number of unbranched alkanes of at least 4 members (excludes halogenated alkanes) is 1. The van der Waals surface area contributed by atoms with Gasteiger partial charge in [0, 0.05) is 6.04 Å². The summed E-state index contributed by atoms with van der Waals surface area (Å²) in [6.45, 7) is 5.60. The summed E-state index contributed by atoms with van der Waals surface area (Å²) in [5.41, 5.74) is 0.706. The van der Waals surface area contributed by atoms with Gasteiger partial charge < -0.3 is 5.11 Å². The Kier molecular flexibility index (Phi) is 5.97. The molecule has 2 N–H and O–H groups in total. The smallest absolute Gasteiger partial charge is 0.240 e. The molecule has 5 heteroatoms. The van der Waals surface area contributed by atoms with Gasteiger partial charge in [-0.25, -0.2) is 13.1 Å². The molecule has 2 atom stereocenters. The predicted octanol–water partition coefficient (Wildman–Crippen LogP) is 2.60. The predicted molar refractivity (Wildman–Crippen MR) is 76.4 cm³/mol. The molecule has 0 aliphatic heterocycles. The molecule has 0 bridgehead atoms. The van der Waals surface area contributed by atoms with Crippen molar-refractivity contribution in [3.05, 3.63) is 29.8 Å². The Hall–Kier alpha value is -0.910. The van der Waals surface area contributed by atoms with E-state index >= 15 is 0 Å². The molecule has 4 nitrogen and oxygen atoms in total. The summed E-state index contributed by atoms with van der Waals surface area (Å²) < 4.78 is 26.9. The van der Waals surface area contributed by atoms with E-state index in [1.165, 1.54) is 12.1 Å². The van der Waals surface area contributed by atoms with Crippen molar-refractivity contribution in [1.82, 2.24) is 4.72 Å². The van der Waals surface area contributed by atoms with Crippen LogP contribution in [0.25, 0.3) is 0 Å². The van der Waals surface area contributed by atoms with E-state index in [9.17, 15) is 13.5 Å². The number of aliphatic hydroxyl groups is 1. The molecule has 0 amide bonds. The SMILES string of the molecule is CCCCC(C)NS(=O)(=O)c1ccc(C(C)O)cc1. The quantitative estimate of drug-likeness (QED) is 0.809. The molecule has 0 aliphatic carbocycles. The summed E-state index contributed by atoms with van der Waals surface area (Å²) in [7, 11) is -3.46. The summed E-state index contributed by atoms with van der Waals surface area (Å²) in [6, 6.07) is 6.25. The minimum Gasteiger partial charge on any atom is -0.389 e. The van der Waals surface area contributed by atoms with Crippen LogP contribution in [-0.4, -0.2) is 19.6 Å². The van der Waals surface area contributed by atoms with Crippen molar-refractivity contribution in [2.24, 2.45) is 0 Å². The number of hydrogen-bond donors (Lipinski definition) is 2. The molecule has 2 unspecified atom stereocenters. The van der Waals surface area contributed by atoms with Gasteiger partial charge in [0.05, 0.1) is 11.0 Å². The Morgan fingerprint density at radius 3 is 2.26 bits per heavy atom. The molecule has 1 aromatic carbocycles. The number of benzene rings is 1. The molecule has 0 saturated carbocycles. The number of aliphatic hydroxyl groups excluding tert-OH is 1. The first kappa shape index (κ1) is 16.1. The largest absolute Gasteiger partial charge is 0.389 e. The average molecular weight is 285 g/mol. The second-order valence-electron chi connectivity index (χ2n) is 4.91. The third-order valence-electron chi connectivity index (χ3n) is 3.02. The molecule has 19 heavy (non-hydrogen) atoms. The van der Waals surface area contributed by atoms with Gasteiger partial charge in [-0.05, 0) is 38.0 Å². The van der Waals surface area contributed by atoms with Gasteiger partial charge in [-0.1, -0.05) is 31.9 Å². The number of hydrogen-bond acceptors (Lipinski definition) is 3. The van der Waals surface area contributed by atoms with Crippen molar-refractivity contribution in [3.63, 3.8) is 0 Å². The van der Waals surface area contributed by atoms with E-state index in [-0.39, 0.29) is 10.9 Å². The minimum atomic E-state index is -3.46. The lowest BCUT2D eigenvalue weighted by Crippen LogP contribution is -2.32. The van der Waals surface area contributed by atoms with Crippen LogP contribution >= 0.6 is 0 Å². The molecule has 0 fully saturated rings. The molecule has 1 rings (SSSR count). The van der Waals surface area contributed by atoms with Gasteiger partial charge in [0.25, 0.3) is 0 Å². The maximum absolute atomic E-state index is 12.1. The standard InChI is InChI=1S/C14H23NO3S/c1-4-5-6-11(2)15-19(17,18)14-9-7-13(8-10-14)12(3)16/h7-12,15-16H,4-6H2,1-3H3. The Labute approximate surface area is 115 Å². The van der Waals surface area contributed by atoms with Gasteiger partial charge in [0.1, 0.15) is 0 Å². The topological polar surface area (TPSA) is 66.4 Å². The van der Waals surface area contributed by atoms with Crippen LogP contribution in [0.1, 0.15) is 51.7 Å². The molecule has 0 spiro atoms. The maximum atomic E-state index is 12.1. The summed E-state index contributed by atoms with van der Waals surface area (Å²) in [5, 5.41) is 9.39. The zero-order valence-electron chi connectivity index (χ0n) is 11.8. The van der Waals surface area contributed by atoms with Crippen molar-refractivity contribution >= 4 is 10.0 Å². The fourth-order valence-electron chi connectivity index (χ4n) is 1.83. The van der Waals surface area contributed by atoms with E-state index in [1.807, 2.05) is 6.92 Å². The Bertz CT molecular complexity index is 480. The third-order valence-corrected chi connectivity index (χ3v) is 4.63. The van der Waals surface area contributed by atoms with Gasteiger partial charge in [0.15, 0.2) is 0 Å². The highest BCUT2D eigenvalue weighted by Crippen LogP contribution is 2.16. The molecular weight excluding hydrogens is 262 g/mol. The second kappa shape index (κ2) is 7.03. The zero-order valence-corrected chi connectivity index (χ0v) is 12.6. The first-order chi connectivity index (χ1) is 8.86. The maximum Gasteiger partial charge on any atom is 0.240 e. The fourth-order valence-corrected chi connectivity index (χ4v) is 3.11. The van der Waals surface area contributed by atoms with Gasteiger partial charge >= 0.3 is 0 Å². The Balaban J connectivity index is 2.77. The second-order valence-corrected chi connectivity index (χ2v) is 6.62. The normalized spacial score (nSPS) is 15.2. The molecule has 0 saturated heterocycles. The Morgan fingerprint density at radius 1 is 1.21 bits per heavy atom. The van der Waals surface area contributed by atoms with E-state index in [4.69, 9.17) is 0 Å². The molecule has 1 aromatic rings. The van der Waals surface area contributed by atoms with Crippen LogP contribution in [0.3, 0.4) is 0 Å². The lowest BCUT2D eigenvalue weighted by Gasteiger charge is -2.14. The van der Waals surface area contributed by atoms with E-state index in [0.29, 0.717) is 5.56 Å². The van der Waals surface area contributed by atoms with Gasteiger partial charge in [0.2, 0.25) is 10.0 Å². The zero-order chi connectivity index (χ0) is 14.5. The van der Waals surface area contributed by atoms with Crippen molar-refractivity contribution in [2.75, 3.05) is 0 Å². The highest BCUT2D eigenvalue weighted by atomic mass is 32.2. The minimum absolute atomic E-state index is 0.0682.